The Morgan fingerprint density at radius 2 is 2.10 bits per heavy atom. The summed E-state index contributed by atoms with van der Waals surface area (Å²) < 4.78 is 11.3. The fourth-order valence-electron chi connectivity index (χ4n) is 2.74. The fraction of sp³-hybridized carbons (Fsp3) is 0.647. The normalized spacial score (nSPS) is 23.2. The van der Waals surface area contributed by atoms with Crippen LogP contribution in [0.2, 0.25) is 0 Å². The summed E-state index contributed by atoms with van der Waals surface area (Å²) in [7, 11) is 0. The van der Waals surface area contributed by atoms with Crippen molar-refractivity contribution in [1.29, 1.82) is 0 Å². The van der Waals surface area contributed by atoms with Gasteiger partial charge in [-0.05, 0) is 44.2 Å². The molecular weight excluding hydrogens is 266 g/mol. The molecule has 1 fully saturated rings. The number of aliphatic hydroxyl groups excluding tert-OH is 1. The van der Waals surface area contributed by atoms with Crippen molar-refractivity contribution in [1.82, 2.24) is 5.32 Å². The van der Waals surface area contributed by atoms with Gasteiger partial charge in [0.15, 0.2) is 0 Å². The van der Waals surface area contributed by atoms with Crippen molar-refractivity contribution in [3.63, 3.8) is 0 Å². The molecule has 3 unspecified atom stereocenters. The van der Waals surface area contributed by atoms with E-state index in [1.54, 1.807) is 0 Å². The summed E-state index contributed by atoms with van der Waals surface area (Å²) in [6, 6.07) is 6.06. The zero-order chi connectivity index (χ0) is 15.2. The molecule has 2 N–H and O–H groups in total. The highest BCUT2D eigenvalue weighted by Crippen LogP contribution is 2.22. The summed E-state index contributed by atoms with van der Waals surface area (Å²) in [6.45, 7) is 8.76. The van der Waals surface area contributed by atoms with Gasteiger partial charge in [-0.1, -0.05) is 18.2 Å². The van der Waals surface area contributed by atoms with Crippen LogP contribution in [0.3, 0.4) is 0 Å². The van der Waals surface area contributed by atoms with Crippen molar-refractivity contribution >= 4 is 0 Å². The lowest BCUT2D eigenvalue weighted by Crippen LogP contribution is -2.35. The molecule has 118 valence electrons. The second kappa shape index (κ2) is 7.78. The number of nitrogens with one attached hydrogen (secondary N) is 1. The summed E-state index contributed by atoms with van der Waals surface area (Å²) in [5, 5.41) is 13.3. The van der Waals surface area contributed by atoms with Gasteiger partial charge in [0, 0.05) is 19.7 Å². The molecular formula is C17H27NO3. The van der Waals surface area contributed by atoms with Crippen molar-refractivity contribution in [3.05, 3.63) is 29.3 Å². The SMILES string of the molecule is Cc1cccc(C)c1OCC(O)CNCC1CCOC1C. The molecule has 0 spiro atoms. The molecule has 1 aliphatic rings. The number of benzene rings is 1. The zero-order valence-electron chi connectivity index (χ0n) is 13.3. The first-order chi connectivity index (χ1) is 10.1. The molecule has 21 heavy (non-hydrogen) atoms. The number of hydrogen-bond acceptors (Lipinski definition) is 4. The van der Waals surface area contributed by atoms with Crippen LogP contribution < -0.4 is 10.1 Å². The van der Waals surface area contributed by atoms with Crippen molar-refractivity contribution in [2.75, 3.05) is 26.3 Å². The Morgan fingerprint density at radius 1 is 1.38 bits per heavy atom. The van der Waals surface area contributed by atoms with E-state index >= 15 is 0 Å². The van der Waals surface area contributed by atoms with E-state index in [9.17, 15) is 5.11 Å². The molecule has 2 rings (SSSR count). The van der Waals surface area contributed by atoms with Crippen LogP contribution in [0.1, 0.15) is 24.5 Å². The lowest BCUT2D eigenvalue weighted by atomic mass is 10.0. The van der Waals surface area contributed by atoms with Gasteiger partial charge in [-0.3, -0.25) is 0 Å². The molecule has 0 aliphatic carbocycles. The molecule has 0 bridgehead atoms. The quantitative estimate of drug-likeness (QED) is 0.808. The topological polar surface area (TPSA) is 50.7 Å². The molecule has 1 heterocycles. The van der Waals surface area contributed by atoms with Gasteiger partial charge in [-0.15, -0.1) is 0 Å². The Hall–Kier alpha value is -1.10. The van der Waals surface area contributed by atoms with Crippen molar-refractivity contribution in [3.8, 4) is 5.75 Å². The Labute approximate surface area is 127 Å². The molecule has 0 saturated carbocycles. The lowest BCUT2D eigenvalue weighted by molar-refractivity contribution is 0.0942. The summed E-state index contributed by atoms with van der Waals surface area (Å²) >= 11 is 0. The highest BCUT2D eigenvalue weighted by Gasteiger charge is 2.23. The number of hydrogen-bond donors (Lipinski definition) is 2. The second-order valence-corrected chi connectivity index (χ2v) is 5.97. The smallest absolute Gasteiger partial charge is 0.125 e. The van der Waals surface area contributed by atoms with Gasteiger partial charge in [-0.25, -0.2) is 0 Å². The predicted octanol–water partition coefficient (Wildman–Crippen LogP) is 2.06. The molecule has 3 atom stereocenters. The molecule has 1 saturated heterocycles. The maximum absolute atomic E-state index is 10.0. The largest absolute Gasteiger partial charge is 0.490 e. The second-order valence-electron chi connectivity index (χ2n) is 5.97. The van der Waals surface area contributed by atoms with E-state index < -0.39 is 6.10 Å². The summed E-state index contributed by atoms with van der Waals surface area (Å²) in [5.74, 6) is 1.44. The molecule has 0 aromatic heterocycles. The van der Waals surface area contributed by atoms with Crippen LogP contribution in [0.15, 0.2) is 18.2 Å². The van der Waals surface area contributed by atoms with E-state index in [4.69, 9.17) is 9.47 Å². The van der Waals surface area contributed by atoms with Crippen LogP contribution in [0.25, 0.3) is 0 Å². The van der Waals surface area contributed by atoms with E-state index in [0.29, 0.717) is 25.2 Å². The highest BCUT2D eigenvalue weighted by molar-refractivity contribution is 5.39. The predicted molar refractivity (Wildman–Crippen MR) is 83.8 cm³/mol. The highest BCUT2D eigenvalue weighted by atomic mass is 16.5. The number of aliphatic hydroxyl groups is 1. The first-order valence-electron chi connectivity index (χ1n) is 7.77. The third-order valence-electron chi connectivity index (χ3n) is 4.15. The number of ether oxygens (including phenoxy) is 2. The minimum Gasteiger partial charge on any atom is -0.490 e. The third kappa shape index (κ3) is 4.70. The van der Waals surface area contributed by atoms with Gasteiger partial charge in [0.05, 0.1) is 6.10 Å². The van der Waals surface area contributed by atoms with E-state index in [1.165, 1.54) is 0 Å². The molecule has 0 amide bonds. The van der Waals surface area contributed by atoms with E-state index in [-0.39, 0.29) is 0 Å². The van der Waals surface area contributed by atoms with Gasteiger partial charge in [0.25, 0.3) is 0 Å². The Balaban J connectivity index is 1.69. The maximum Gasteiger partial charge on any atom is 0.125 e. The number of rotatable bonds is 7. The van der Waals surface area contributed by atoms with Crippen LogP contribution in [0.4, 0.5) is 0 Å². The van der Waals surface area contributed by atoms with Gasteiger partial charge >= 0.3 is 0 Å². The standard InChI is InChI=1S/C17H27NO3/c1-12-5-4-6-13(2)17(12)21-11-16(19)10-18-9-15-7-8-20-14(15)3/h4-6,14-16,18-19H,7-11H2,1-3H3. The van der Waals surface area contributed by atoms with Gasteiger partial charge < -0.3 is 19.9 Å². The van der Waals surface area contributed by atoms with Crippen molar-refractivity contribution in [2.24, 2.45) is 5.92 Å². The van der Waals surface area contributed by atoms with Crippen LogP contribution in [0, 0.1) is 19.8 Å². The monoisotopic (exact) mass is 293 g/mol. The fourth-order valence-corrected chi connectivity index (χ4v) is 2.74. The number of aryl methyl sites for hydroxylation is 2. The van der Waals surface area contributed by atoms with Crippen LogP contribution in [0.5, 0.6) is 5.75 Å². The van der Waals surface area contributed by atoms with E-state index in [2.05, 4.69) is 12.2 Å². The van der Waals surface area contributed by atoms with E-state index in [1.807, 2.05) is 32.0 Å². The average Bonchev–Trinajstić information content (AvgIpc) is 2.84. The van der Waals surface area contributed by atoms with Gasteiger partial charge in [0.2, 0.25) is 0 Å². The molecule has 4 heteroatoms. The first-order valence-corrected chi connectivity index (χ1v) is 7.77. The number of para-hydroxylation sites is 1. The van der Waals surface area contributed by atoms with Crippen LogP contribution in [-0.4, -0.2) is 43.6 Å². The van der Waals surface area contributed by atoms with Crippen molar-refractivity contribution in [2.45, 2.75) is 39.4 Å². The average molecular weight is 293 g/mol. The summed E-state index contributed by atoms with van der Waals surface area (Å²) in [6.07, 6.45) is 0.922. The van der Waals surface area contributed by atoms with Crippen LogP contribution >= 0.6 is 0 Å². The Morgan fingerprint density at radius 3 is 2.71 bits per heavy atom. The third-order valence-corrected chi connectivity index (χ3v) is 4.15. The van der Waals surface area contributed by atoms with Gasteiger partial charge in [0.1, 0.15) is 18.5 Å². The zero-order valence-corrected chi connectivity index (χ0v) is 13.3. The molecule has 1 aliphatic heterocycles. The molecule has 1 aromatic rings. The molecule has 4 nitrogen and oxygen atoms in total. The summed E-state index contributed by atoms with van der Waals surface area (Å²) in [5.41, 5.74) is 2.21. The lowest BCUT2D eigenvalue weighted by Gasteiger charge is -2.18. The van der Waals surface area contributed by atoms with Crippen LogP contribution in [-0.2, 0) is 4.74 Å². The molecule has 1 aromatic carbocycles. The van der Waals surface area contributed by atoms with E-state index in [0.717, 1.165) is 36.4 Å². The minimum absolute atomic E-state index is 0.315. The maximum atomic E-state index is 10.0. The minimum atomic E-state index is -0.498. The first kappa shape index (κ1) is 16.3. The molecule has 0 radical (unpaired) electrons. The Kier molecular flexibility index (Phi) is 6.03. The summed E-state index contributed by atoms with van der Waals surface area (Å²) in [4.78, 5) is 0. The van der Waals surface area contributed by atoms with Crippen molar-refractivity contribution < 1.29 is 14.6 Å². The van der Waals surface area contributed by atoms with Gasteiger partial charge in [-0.2, -0.15) is 0 Å². The Bertz CT molecular complexity index is 429.